The van der Waals surface area contributed by atoms with E-state index in [1.165, 1.54) is 10.1 Å². The van der Waals surface area contributed by atoms with E-state index in [4.69, 9.17) is 5.26 Å². The molecule has 1 aromatic carbocycles. The van der Waals surface area contributed by atoms with E-state index in [-0.39, 0.29) is 5.69 Å². The molecule has 0 aliphatic heterocycles. The number of pyridine rings is 1. The van der Waals surface area contributed by atoms with Gasteiger partial charge < -0.3 is 0 Å². The average molecular weight is 303 g/mol. The molecule has 3 heterocycles. The SMILES string of the molecule is N#Cc1n[nH]nc1-c1cccc(-c2cc3ccccc3s2)n1. The highest BCUT2D eigenvalue weighted by Crippen LogP contribution is 2.33. The van der Waals surface area contributed by atoms with E-state index in [1.807, 2.05) is 36.4 Å². The van der Waals surface area contributed by atoms with Crippen LogP contribution in [0.25, 0.3) is 32.0 Å². The molecule has 6 heteroatoms. The summed E-state index contributed by atoms with van der Waals surface area (Å²) in [5.74, 6) is 0. The highest BCUT2D eigenvalue weighted by atomic mass is 32.1. The van der Waals surface area contributed by atoms with Gasteiger partial charge >= 0.3 is 0 Å². The molecule has 0 atom stereocenters. The summed E-state index contributed by atoms with van der Waals surface area (Å²) in [6.07, 6.45) is 0. The van der Waals surface area contributed by atoms with Crippen LogP contribution in [0.4, 0.5) is 0 Å². The molecule has 22 heavy (non-hydrogen) atoms. The molecule has 0 radical (unpaired) electrons. The van der Waals surface area contributed by atoms with Gasteiger partial charge in [0.25, 0.3) is 0 Å². The van der Waals surface area contributed by atoms with Crippen molar-refractivity contribution in [3.8, 4) is 28.0 Å². The van der Waals surface area contributed by atoms with Crippen molar-refractivity contribution < 1.29 is 0 Å². The van der Waals surface area contributed by atoms with Crippen LogP contribution in [0.15, 0.2) is 48.5 Å². The summed E-state index contributed by atoms with van der Waals surface area (Å²) >= 11 is 1.69. The van der Waals surface area contributed by atoms with Gasteiger partial charge in [0, 0.05) is 4.70 Å². The molecule has 4 aromatic rings. The third kappa shape index (κ3) is 2.05. The van der Waals surface area contributed by atoms with Crippen LogP contribution in [0.3, 0.4) is 0 Å². The second-order valence-corrected chi connectivity index (χ2v) is 5.77. The van der Waals surface area contributed by atoms with Crippen LogP contribution in [-0.4, -0.2) is 20.4 Å². The van der Waals surface area contributed by atoms with Crippen LogP contribution >= 0.6 is 11.3 Å². The summed E-state index contributed by atoms with van der Waals surface area (Å²) in [5, 5.41) is 20.6. The van der Waals surface area contributed by atoms with E-state index in [9.17, 15) is 0 Å². The first-order valence-electron chi connectivity index (χ1n) is 6.62. The summed E-state index contributed by atoms with van der Waals surface area (Å²) in [7, 11) is 0. The van der Waals surface area contributed by atoms with Crippen LogP contribution in [0.5, 0.6) is 0 Å². The van der Waals surface area contributed by atoms with Gasteiger partial charge in [-0.2, -0.15) is 15.6 Å². The minimum atomic E-state index is 0.251. The van der Waals surface area contributed by atoms with Crippen molar-refractivity contribution in [1.29, 1.82) is 5.26 Å². The Morgan fingerprint density at radius 3 is 2.73 bits per heavy atom. The van der Waals surface area contributed by atoms with Crippen molar-refractivity contribution in [2.45, 2.75) is 0 Å². The Labute approximate surface area is 129 Å². The molecule has 0 aliphatic carbocycles. The van der Waals surface area contributed by atoms with Gasteiger partial charge in [-0.3, -0.25) is 0 Å². The highest BCUT2D eigenvalue weighted by Gasteiger charge is 2.13. The maximum absolute atomic E-state index is 9.05. The highest BCUT2D eigenvalue weighted by molar-refractivity contribution is 7.22. The Bertz CT molecular complexity index is 975. The van der Waals surface area contributed by atoms with Crippen molar-refractivity contribution in [1.82, 2.24) is 20.4 Å². The number of nitriles is 1. The zero-order valence-corrected chi connectivity index (χ0v) is 12.1. The summed E-state index contributed by atoms with van der Waals surface area (Å²) in [6, 6.07) is 18.1. The molecule has 0 fully saturated rings. The van der Waals surface area contributed by atoms with Gasteiger partial charge in [-0.05, 0) is 29.7 Å². The zero-order chi connectivity index (χ0) is 14.9. The number of nitrogens with one attached hydrogen (secondary N) is 1. The van der Waals surface area contributed by atoms with Crippen molar-refractivity contribution in [3.63, 3.8) is 0 Å². The average Bonchev–Trinajstić information content (AvgIpc) is 3.21. The Morgan fingerprint density at radius 2 is 1.86 bits per heavy atom. The Morgan fingerprint density at radius 1 is 1.00 bits per heavy atom. The van der Waals surface area contributed by atoms with E-state index in [0.29, 0.717) is 11.4 Å². The molecule has 3 aromatic heterocycles. The quantitative estimate of drug-likeness (QED) is 0.613. The maximum atomic E-state index is 9.05. The van der Waals surface area contributed by atoms with E-state index in [2.05, 4.69) is 38.6 Å². The fraction of sp³-hybridized carbons (Fsp3) is 0. The number of hydrogen-bond acceptors (Lipinski definition) is 5. The number of thiophene rings is 1. The molecular weight excluding hydrogens is 294 g/mol. The number of hydrogen-bond donors (Lipinski definition) is 1. The lowest BCUT2D eigenvalue weighted by Gasteiger charge is -2.00. The molecule has 104 valence electrons. The second kappa shape index (κ2) is 5.06. The van der Waals surface area contributed by atoms with Crippen molar-refractivity contribution in [2.24, 2.45) is 0 Å². The summed E-state index contributed by atoms with van der Waals surface area (Å²) in [5.41, 5.74) is 2.23. The van der Waals surface area contributed by atoms with Gasteiger partial charge in [-0.15, -0.1) is 16.4 Å². The van der Waals surface area contributed by atoms with Gasteiger partial charge in [-0.1, -0.05) is 24.3 Å². The van der Waals surface area contributed by atoms with Gasteiger partial charge in [0.2, 0.25) is 0 Å². The first-order valence-corrected chi connectivity index (χ1v) is 7.44. The van der Waals surface area contributed by atoms with Crippen LogP contribution in [0, 0.1) is 11.3 Å². The van der Waals surface area contributed by atoms with Crippen LogP contribution in [0.1, 0.15) is 5.69 Å². The number of benzene rings is 1. The number of rotatable bonds is 2. The van der Waals surface area contributed by atoms with Gasteiger partial charge in [0.05, 0.1) is 16.3 Å². The molecule has 4 rings (SSSR count). The second-order valence-electron chi connectivity index (χ2n) is 4.69. The molecule has 5 nitrogen and oxygen atoms in total. The smallest absolute Gasteiger partial charge is 0.192 e. The number of H-pyrrole nitrogens is 1. The van der Waals surface area contributed by atoms with E-state index in [1.54, 1.807) is 11.3 Å². The standard InChI is InChI=1S/C16H9N5S/c17-9-13-16(20-21-19-13)12-6-3-5-11(18-12)15-8-10-4-1-2-7-14(10)22-15/h1-8H,(H,19,20,21). The Kier molecular flexibility index (Phi) is 2.92. The number of aromatic nitrogens is 4. The lowest BCUT2D eigenvalue weighted by molar-refractivity contribution is 0.936. The summed E-state index contributed by atoms with van der Waals surface area (Å²) in [4.78, 5) is 5.71. The van der Waals surface area contributed by atoms with Gasteiger partial charge in [-0.25, -0.2) is 4.98 Å². The fourth-order valence-electron chi connectivity index (χ4n) is 2.30. The summed E-state index contributed by atoms with van der Waals surface area (Å²) in [6.45, 7) is 0. The normalized spacial score (nSPS) is 10.7. The molecule has 0 unspecified atom stereocenters. The molecule has 0 amide bonds. The lowest BCUT2D eigenvalue weighted by Crippen LogP contribution is -1.89. The molecule has 0 bridgehead atoms. The molecule has 0 aliphatic rings. The molecule has 0 saturated heterocycles. The predicted octanol–water partition coefficient (Wildman–Crippen LogP) is 3.62. The number of nitrogens with zero attached hydrogens (tertiary/aromatic N) is 4. The van der Waals surface area contributed by atoms with Gasteiger partial charge in [0.1, 0.15) is 11.8 Å². The zero-order valence-electron chi connectivity index (χ0n) is 11.3. The number of fused-ring (bicyclic) bond motifs is 1. The Hall–Kier alpha value is -3.04. The maximum Gasteiger partial charge on any atom is 0.192 e. The number of aromatic amines is 1. The van der Waals surface area contributed by atoms with Crippen LogP contribution in [0.2, 0.25) is 0 Å². The van der Waals surface area contributed by atoms with E-state index < -0.39 is 0 Å². The molecule has 0 spiro atoms. The van der Waals surface area contributed by atoms with Crippen molar-refractivity contribution >= 4 is 21.4 Å². The van der Waals surface area contributed by atoms with Crippen LogP contribution < -0.4 is 0 Å². The third-order valence-corrected chi connectivity index (χ3v) is 4.46. The molecular formula is C16H9N5S. The van der Waals surface area contributed by atoms with Gasteiger partial charge in [0.15, 0.2) is 5.69 Å². The predicted molar refractivity (Wildman–Crippen MR) is 85.1 cm³/mol. The Balaban J connectivity index is 1.84. The van der Waals surface area contributed by atoms with E-state index >= 15 is 0 Å². The van der Waals surface area contributed by atoms with Crippen molar-refractivity contribution in [2.75, 3.05) is 0 Å². The van der Waals surface area contributed by atoms with Crippen LogP contribution in [-0.2, 0) is 0 Å². The first kappa shape index (κ1) is 12.7. The topological polar surface area (TPSA) is 78.2 Å². The van der Waals surface area contributed by atoms with Crippen molar-refractivity contribution in [3.05, 3.63) is 54.2 Å². The fourth-order valence-corrected chi connectivity index (χ4v) is 3.33. The minimum Gasteiger partial charge on any atom is -0.245 e. The monoisotopic (exact) mass is 303 g/mol. The lowest BCUT2D eigenvalue weighted by atomic mass is 10.2. The van der Waals surface area contributed by atoms with E-state index in [0.717, 1.165) is 10.6 Å². The summed E-state index contributed by atoms with van der Waals surface area (Å²) < 4.78 is 1.23. The first-order chi connectivity index (χ1) is 10.8. The minimum absolute atomic E-state index is 0.251. The molecule has 0 saturated carbocycles. The largest absolute Gasteiger partial charge is 0.245 e. The third-order valence-electron chi connectivity index (χ3n) is 3.32. The molecule has 1 N–H and O–H groups in total.